The second kappa shape index (κ2) is 8.33. The number of carbonyl (C=O) groups excluding carboxylic acids is 1. The number of rotatable bonds is 9. The molecule has 0 saturated carbocycles. The summed E-state index contributed by atoms with van der Waals surface area (Å²) in [7, 11) is -3.52. The third-order valence-corrected chi connectivity index (χ3v) is 3.62. The van der Waals surface area contributed by atoms with Gasteiger partial charge in [0.25, 0.3) is 0 Å². The van der Waals surface area contributed by atoms with Crippen molar-refractivity contribution < 1.29 is 23.1 Å². The SMILES string of the molecule is CC(C)CC(NS(C)(=O)=O)C(=O)NC(CC(=O)O)C(C)C. The van der Waals surface area contributed by atoms with Gasteiger partial charge in [0.1, 0.15) is 6.04 Å². The molecule has 0 aromatic carbocycles. The number of carboxylic acid groups (broad SMARTS) is 1. The van der Waals surface area contributed by atoms with Gasteiger partial charge in [0.15, 0.2) is 0 Å². The van der Waals surface area contributed by atoms with Crippen molar-refractivity contribution in [2.24, 2.45) is 11.8 Å². The number of hydrogen-bond donors (Lipinski definition) is 3. The van der Waals surface area contributed by atoms with E-state index in [1.165, 1.54) is 0 Å². The predicted molar refractivity (Wildman–Crippen MR) is 80.2 cm³/mol. The molecular formula is C13H26N2O5S. The Labute approximate surface area is 126 Å². The number of aliphatic carboxylic acids is 1. The lowest BCUT2D eigenvalue weighted by molar-refractivity contribution is -0.138. The molecule has 2 atom stereocenters. The van der Waals surface area contributed by atoms with Gasteiger partial charge >= 0.3 is 5.97 Å². The van der Waals surface area contributed by atoms with Crippen LogP contribution in [-0.4, -0.2) is 43.7 Å². The molecule has 0 heterocycles. The highest BCUT2D eigenvalue weighted by atomic mass is 32.2. The second-order valence-corrected chi connectivity index (χ2v) is 7.81. The van der Waals surface area contributed by atoms with Crippen molar-refractivity contribution in [2.45, 2.75) is 52.6 Å². The Morgan fingerprint density at radius 2 is 1.67 bits per heavy atom. The molecule has 0 rings (SSSR count). The van der Waals surface area contributed by atoms with Crippen molar-refractivity contribution in [1.29, 1.82) is 0 Å². The summed E-state index contributed by atoms with van der Waals surface area (Å²) in [6.45, 7) is 7.35. The number of carboxylic acids is 1. The van der Waals surface area contributed by atoms with E-state index in [9.17, 15) is 18.0 Å². The van der Waals surface area contributed by atoms with Crippen LogP contribution in [0.5, 0.6) is 0 Å². The monoisotopic (exact) mass is 322 g/mol. The molecule has 124 valence electrons. The smallest absolute Gasteiger partial charge is 0.305 e. The normalized spacial score (nSPS) is 15.0. The first kappa shape index (κ1) is 19.9. The predicted octanol–water partition coefficient (Wildman–Crippen LogP) is 0.566. The van der Waals surface area contributed by atoms with E-state index in [4.69, 9.17) is 5.11 Å². The Hall–Kier alpha value is -1.15. The largest absolute Gasteiger partial charge is 0.481 e. The van der Waals surface area contributed by atoms with E-state index in [1.54, 1.807) is 13.8 Å². The van der Waals surface area contributed by atoms with E-state index >= 15 is 0 Å². The molecule has 0 aliphatic carbocycles. The van der Waals surface area contributed by atoms with Crippen molar-refractivity contribution >= 4 is 21.9 Å². The first-order valence-electron chi connectivity index (χ1n) is 6.91. The highest BCUT2D eigenvalue weighted by Gasteiger charge is 2.27. The van der Waals surface area contributed by atoms with Crippen LogP contribution in [0.4, 0.5) is 0 Å². The van der Waals surface area contributed by atoms with E-state index in [2.05, 4.69) is 10.0 Å². The highest BCUT2D eigenvalue weighted by molar-refractivity contribution is 7.88. The summed E-state index contributed by atoms with van der Waals surface area (Å²) in [5.41, 5.74) is 0. The minimum atomic E-state index is -3.52. The van der Waals surface area contributed by atoms with Gasteiger partial charge in [-0.2, -0.15) is 0 Å². The molecular weight excluding hydrogens is 296 g/mol. The van der Waals surface area contributed by atoms with Gasteiger partial charge in [-0.1, -0.05) is 27.7 Å². The van der Waals surface area contributed by atoms with Crippen molar-refractivity contribution in [3.8, 4) is 0 Å². The summed E-state index contributed by atoms with van der Waals surface area (Å²) in [5.74, 6) is -1.45. The molecule has 0 aromatic heterocycles. The summed E-state index contributed by atoms with van der Waals surface area (Å²) in [4.78, 5) is 23.0. The second-order valence-electron chi connectivity index (χ2n) is 6.03. The van der Waals surface area contributed by atoms with Gasteiger partial charge in [0.2, 0.25) is 15.9 Å². The molecule has 21 heavy (non-hydrogen) atoms. The lowest BCUT2D eigenvalue weighted by Crippen LogP contribution is -2.51. The van der Waals surface area contributed by atoms with E-state index in [0.717, 1.165) is 6.26 Å². The van der Waals surface area contributed by atoms with Crippen LogP contribution in [-0.2, 0) is 19.6 Å². The van der Waals surface area contributed by atoms with E-state index < -0.39 is 34.0 Å². The first-order chi connectivity index (χ1) is 9.42. The molecule has 8 heteroatoms. The Balaban J connectivity index is 4.96. The van der Waals surface area contributed by atoms with Gasteiger partial charge in [0.05, 0.1) is 12.7 Å². The summed E-state index contributed by atoms with van der Waals surface area (Å²) in [6.07, 6.45) is 1.14. The fourth-order valence-electron chi connectivity index (χ4n) is 1.86. The molecule has 0 aliphatic rings. The molecule has 0 aromatic rings. The Morgan fingerprint density at radius 3 is 2.00 bits per heavy atom. The van der Waals surface area contributed by atoms with Gasteiger partial charge in [-0.05, 0) is 18.3 Å². The molecule has 2 unspecified atom stereocenters. The third-order valence-electron chi connectivity index (χ3n) is 2.91. The maximum absolute atomic E-state index is 12.2. The van der Waals surface area contributed by atoms with Crippen LogP contribution in [0.3, 0.4) is 0 Å². The Morgan fingerprint density at radius 1 is 1.14 bits per heavy atom. The number of hydrogen-bond acceptors (Lipinski definition) is 4. The standard InChI is InChI=1S/C13H26N2O5S/c1-8(2)6-11(15-21(5,19)20)13(18)14-10(9(3)4)7-12(16)17/h8-11,15H,6-7H2,1-5H3,(H,14,18)(H,16,17). The lowest BCUT2D eigenvalue weighted by Gasteiger charge is -2.25. The molecule has 0 saturated heterocycles. The average molecular weight is 322 g/mol. The third kappa shape index (κ3) is 9.41. The van der Waals surface area contributed by atoms with Crippen LogP contribution in [0, 0.1) is 11.8 Å². The van der Waals surface area contributed by atoms with Crippen LogP contribution in [0.15, 0.2) is 0 Å². The van der Waals surface area contributed by atoms with Gasteiger partial charge in [-0.3, -0.25) is 9.59 Å². The molecule has 0 spiro atoms. The highest BCUT2D eigenvalue weighted by Crippen LogP contribution is 2.10. The van der Waals surface area contributed by atoms with E-state index in [1.807, 2.05) is 13.8 Å². The summed E-state index contributed by atoms with van der Waals surface area (Å²) in [6, 6.07) is -1.43. The van der Waals surface area contributed by atoms with Crippen molar-refractivity contribution in [1.82, 2.24) is 10.0 Å². The van der Waals surface area contributed by atoms with Crippen molar-refractivity contribution in [3.05, 3.63) is 0 Å². The van der Waals surface area contributed by atoms with Gasteiger partial charge in [-0.15, -0.1) is 0 Å². The first-order valence-corrected chi connectivity index (χ1v) is 8.81. The lowest BCUT2D eigenvalue weighted by atomic mass is 9.99. The molecule has 0 fully saturated rings. The summed E-state index contributed by atoms with van der Waals surface area (Å²) in [5, 5.41) is 11.5. The maximum atomic E-state index is 12.2. The molecule has 0 radical (unpaired) electrons. The zero-order valence-corrected chi connectivity index (χ0v) is 14.0. The minimum Gasteiger partial charge on any atom is -0.481 e. The number of carbonyl (C=O) groups is 2. The minimum absolute atomic E-state index is 0.0667. The van der Waals surface area contributed by atoms with Crippen LogP contribution in [0.2, 0.25) is 0 Å². The van der Waals surface area contributed by atoms with E-state index in [0.29, 0.717) is 6.42 Å². The van der Waals surface area contributed by atoms with E-state index in [-0.39, 0.29) is 18.3 Å². The van der Waals surface area contributed by atoms with Crippen molar-refractivity contribution in [2.75, 3.05) is 6.26 Å². The molecule has 1 amide bonds. The maximum Gasteiger partial charge on any atom is 0.305 e. The van der Waals surface area contributed by atoms with Crippen molar-refractivity contribution in [3.63, 3.8) is 0 Å². The fourth-order valence-corrected chi connectivity index (χ4v) is 2.58. The zero-order valence-electron chi connectivity index (χ0n) is 13.2. The van der Waals surface area contributed by atoms with Gasteiger partial charge in [0, 0.05) is 6.04 Å². The topological polar surface area (TPSA) is 113 Å². The quantitative estimate of drug-likeness (QED) is 0.574. The number of sulfonamides is 1. The molecule has 7 nitrogen and oxygen atoms in total. The molecule has 3 N–H and O–H groups in total. The Kier molecular flexibility index (Phi) is 7.87. The average Bonchev–Trinajstić information content (AvgIpc) is 2.23. The number of nitrogens with one attached hydrogen (secondary N) is 2. The van der Waals surface area contributed by atoms with Gasteiger partial charge in [-0.25, -0.2) is 13.1 Å². The zero-order chi connectivity index (χ0) is 16.8. The van der Waals surface area contributed by atoms with Crippen LogP contribution >= 0.6 is 0 Å². The Bertz CT molecular complexity index is 459. The molecule has 0 aliphatic heterocycles. The van der Waals surface area contributed by atoms with Gasteiger partial charge < -0.3 is 10.4 Å². The van der Waals surface area contributed by atoms with Crippen LogP contribution in [0.25, 0.3) is 0 Å². The summed E-state index contributed by atoms with van der Waals surface area (Å²) < 4.78 is 25.0. The fraction of sp³-hybridized carbons (Fsp3) is 0.846. The molecule has 0 bridgehead atoms. The van der Waals surface area contributed by atoms with Crippen LogP contribution in [0.1, 0.15) is 40.5 Å². The number of amides is 1. The van der Waals surface area contributed by atoms with Crippen LogP contribution < -0.4 is 10.0 Å². The summed E-state index contributed by atoms with van der Waals surface area (Å²) >= 11 is 0.